The maximum Gasteiger partial charge on any atom is 0.416 e. The number of rotatable bonds is 9. The quantitative estimate of drug-likeness (QED) is 0.381. The van der Waals surface area contributed by atoms with Gasteiger partial charge in [0.05, 0.1) is 16.8 Å². The molecule has 0 aromatic heterocycles. The van der Waals surface area contributed by atoms with Gasteiger partial charge in [-0.1, -0.05) is 18.2 Å². The summed E-state index contributed by atoms with van der Waals surface area (Å²) in [4.78, 5) is 27.3. The maximum absolute atomic E-state index is 14.1. The van der Waals surface area contributed by atoms with Gasteiger partial charge in [-0.25, -0.2) is 13.6 Å². The minimum absolute atomic E-state index is 0.0309. The van der Waals surface area contributed by atoms with Gasteiger partial charge in [0.15, 0.2) is 0 Å². The van der Waals surface area contributed by atoms with Crippen molar-refractivity contribution in [3.05, 3.63) is 70.5 Å². The van der Waals surface area contributed by atoms with E-state index in [-0.39, 0.29) is 35.5 Å². The molecule has 0 aliphatic rings. The van der Waals surface area contributed by atoms with E-state index in [1.165, 1.54) is 13.1 Å². The molecular formula is C22H20F5N3O3. The number of aromatic carboxylic acids is 1. The summed E-state index contributed by atoms with van der Waals surface area (Å²) in [6, 6.07) is 7.10. The SMILES string of the molecule is CN=C(CF)C(C(=N)Cc1ccc(C(F)(F)F)cc1)C(=O)NCc1ccc(C(=O)O)cc1F. The molecule has 3 N–H and O–H groups in total. The number of carboxylic acid groups (broad SMARTS) is 1. The van der Waals surface area contributed by atoms with Crippen molar-refractivity contribution in [3.63, 3.8) is 0 Å². The summed E-state index contributed by atoms with van der Waals surface area (Å²) >= 11 is 0. The molecule has 1 amide bonds. The first-order chi connectivity index (χ1) is 15.5. The summed E-state index contributed by atoms with van der Waals surface area (Å²) < 4.78 is 65.7. The standard InChI is InChI=1S/C22H20F5N3O3/c1-29-18(10-23)19(17(28)8-12-2-6-15(7-3-12)22(25,26)27)20(31)30-11-14-5-4-13(21(32)33)9-16(14)24/h2-7,9,19,28H,8,10-11H2,1H3,(H,30,31)(H,32,33). The highest BCUT2D eigenvalue weighted by Gasteiger charge is 2.31. The number of hydrogen-bond donors (Lipinski definition) is 3. The van der Waals surface area contributed by atoms with E-state index in [4.69, 9.17) is 10.5 Å². The number of aliphatic imine (C=N–C) groups is 1. The van der Waals surface area contributed by atoms with E-state index < -0.39 is 42.0 Å². The Hall–Kier alpha value is -3.63. The van der Waals surface area contributed by atoms with E-state index in [2.05, 4.69) is 10.3 Å². The fourth-order valence-corrected chi connectivity index (χ4v) is 3.02. The molecule has 2 aromatic rings. The van der Waals surface area contributed by atoms with Gasteiger partial charge in [0, 0.05) is 31.3 Å². The molecule has 0 aliphatic carbocycles. The van der Waals surface area contributed by atoms with Crippen LogP contribution in [0.4, 0.5) is 22.0 Å². The second kappa shape index (κ2) is 10.8. The molecule has 0 heterocycles. The lowest BCUT2D eigenvalue weighted by molar-refractivity contribution is -0.137. The topological polar surface area (TPSA) is 103 Å². The lowest BCUT2D eigenvalue weighted by atomic mass is 9.91. The number of halogens is 5. The van der Waals surface area contributed by atoms with Crippen LogP contribution in [0.5, 0.6) is 0 Å². The predicted molar refractivity (Wildman–Crippen MR) is 111 cm³/mol. The van der Waals surface area contributed by atoms with Gasteiger partial charge in [-0.15, -0.1) is 0 Å². The van der Waals surface area contributed by atoms with Gasteiger partial charge in [-0.3, -0.25) is 9.79 Å². The Kier molecular flexibility index (Phi) is 8.38. The van der Waals surface area contributed by atoms with Crippen molar-refractivity contribution in [2.45, 2.75) is 19.1 Å². The zero-order valence-electron chi connectivity index (χ0n) is 17.3. The highest BCUT2D eigenvalue weighted by Crippen LogP contribution is 2.29. The largest absolute Gasteiger partial charge is 0.478 e. The van der Waals surface area contributed by atoms with Crippen molar-refractivity contribution in [2.24, 2.45) is 10.9 Å². The number of benzene rings is 2. The van der Waals surface area contributed by atoms with Crippen LogP contribution in [0.3, 0.4) is 0 Å². The molecule has 11 heteroatoms. The Morgan fingerprint density at radius 2 is 1.79 bits per heavy atom. The van der Waals surface area contributed by atoms with E-state index in [1.807, 2.05) is 0 Å². The minimum atomic E-state index is -4.53. The second-order valence-electron chi connectivity index (χ2n) is 7.01. The van der Waals surface area contributed by atoms with Crippen molar-refractivity contribution < 1.29 is 36.6 Å². The fraction of sp³-hybridized carbons (Fsp3) is 0.273. The molecule has 0 bridgehead atoms. The number of hydrogen-bond acceptors (Lipinski definition) is 4. The molecule has 0 radical (unpaired) electrons. The van der Waals surface area contributed by atoms with Crippen molar-refractivity contribution in [1.82, 2.24) is 5.32 Å². The third-order valence-electron chi connectivity index (χ3n) is 4.80. The summed E-state index contributed by atoms with van der Waals surface area (Å²) in [5.74, 6) is -4.51. The molecule has 0 aliphatic heterocycles. The number of nitrogens with zero attached hydrogens (tertiary/aromatic N) is 1. The van der Waals surface area contributed by atoms with Crippen LogP contribution in [0.25, 0.3) is 0 Å². The molecule has 0 saturated heterocycles. The van der Waals surface area contributed by atoms with E-state index >= 15 is 0 Å². The minimum Gasteiger partial charge on any atom is -0.478 e. The van der Waals surface area contributed by atoms with Gasteiger partial charge in [0.1, 0.15) is 18.4 Å². The van der Waals surface area contributed by atoms with Crippen LogP contribution >= 0.6 is 0 Å². The van der Waals surface area contributed by atoms with Crippen molar-refractivity contribution in [3.8, 4) is 0 Å². The second-order valence-corrected chi connectivity index (χ2v) is 7.01. The van der Waals surface area contributed by atoms with Crippen LogP contribution in [-0.2, 0) is 23.9 Å². The molecule has 33 heavy (non-hydrogen) atoms. The van der Waals surface area contributed by atoms with E-state index in [0.717, 1.165) is 36.4 Å². The van der Waals surface area contributed by atoms with Gasteiger partial charge < -0.3 is 15.8 Å². The highest BCUT2D eigenvalue weighted by atomic mass is 19.4. The molecule has 0 fully saturated rings. The normalized spacial score (nSPS) is 12.8. The van der Waals surface area contributed by atoms with E-state index in [1.54, 1.807) is 0 Å². The van der Waals surface area contributed by atoms with Gasteiger partial charge >= 0.3 is 12.1 Å². The van der Waals surface area contributed by atoms with Crippen LogP contribution < -0.4 is 5.32 Å². The summed E-state index contributed by atoms with van der Waals surface area (Å²) in [5, 5.41) is 19.5. The van der Waals surface area contributed by atoms with Crippen LogP contribution in [-0.4, -0.2) is 42.1 Å². The lowest BCUT2D eigenvalue weighted by Crippen LogP contribution is -2.41. The molecule has 1 atom stereocenters. The Balaban J connectivity index is 2.17. The van der Waals surface area contributed by atoms with Crippen LogP contribution in [0.15, 0.2) is 47.5 Å². The number of carbonyl (C=O) groups excluding carboxylic acids is 1. The predicted octanol–water partition coefficient (Wildman–Crippen LogP) is 4.08. The molecule has 2 rings (SSSR count). The molecule has 6 nitrogen and oxygen atoms in total. The fourth-order valence-electron chi connectivity index (χ4n) is 3.02. The average molecular weight is 469 g/mol. The van der Waals surface area contributed by atoms with Gasteiger partial charge in [-0.2, -0.15) is 13.2 Å². The summed E-state index contributed by atoms with van der Waals surface area (Å²) in [6.45, 7) is -1.51. The molecule has 176 valence electrons. The zero-order valence-corrected chi connectivity index (χ0v) is 17.3. The third-order valence-corrected chi connectivity index (χ3v) is 4.80. The number of amides is 1. The first-order valence-electron chi connectivity index (χ1n) is 9.52. The van der Waals surface area contributed by atoms with E-state index in [0.29, 0.717) is 5.56 Å². The van der Waals surface area contributed by atoms with Gasteiger partial charge in [0.25, 0.3) is 0 Å². The smallest absolute Gasteiger partial charge is 0.416 e. The van der Waals surface area contributed by atoms with E-state index in [9.17, 15) is 31.5 Å². The van der Waals surface area contributed by atoms with Crippen molar-refractivity contribution >= 4 is 23.3 Å². The third kappa shape index (κ3) is 6.67. The van der Waals surface area contributed by atoms with Gasteiger partial charge in [0.2, 0.25) is 5.91 Å². The van der Waals surface area contributed by atoms with Crippen molar-refractivity contribution in [1.29, 1.82) is 5.41 Å². The number of carbonyl (C=O) groups is 2. The first kappa shape index (κ1) is 25.6. The van der Waals surface area contributed by atoms with Gasteiger partial charge in [-0.05, 0) is 29.8 Å². The first-order valence-corrected chi connectivity index (χ1v) is 9.52. The summed E-state index contributed by atoms with van der Waals surface area (Å²) in [6.07, 6.45) is -4.76. The van der Waals surface area contributed by atoms with Crippen LogP contribution in [0.2, 0.25) is 0 Å². The molecular weight excluding hydrogens is 449 g/mol. The zero-order chi connectivity index (χ0) is 24.8. The Labute approximate surface area is 185 Å². The summed E-state index contributed by atoms with van der Waals surface area (Å²) in [7, 11) is 1.23. The number of carboxylic acids is 1. The Morgan fingerprint density at radius 3 is 2.27 bits per heavy atom. The number of alkyl halides is 4. The Bertz CT molecular complexity index is 1070. The van der Waals surface area contributed by atoms with Crippen LogP contribution in [0, 0.1) is 17.1 Å². The van der Waals surface area contributed by atoms with Crippen molar-refractivity contribution in [2.75, 3.05) is 13.7 Å². The average Bonchev–Trinajstić information content (AvgIpc) is 2.75. The number of nitrogens with one attached hydrogen (secondary N) is 2. The molecule has 2 aromatic carbocycles. The Morgan fingerprint density at radius 1 is 1.15 bits per heavy atom. The highest BCUT2D eigenvalue weighted by molar-refractivity contribution is 6.21. The lowest BCUT2D eigenvalue weighted by Gasteiger charge is -2.19. The molecule has 1 unspecified atom stereocenters. The molecule has 0 spiro atoms. The van der Waals surface area contributed by atoms with Crippen LogP contribution in [0.1, 0.15) is 27.0 Å². The molecule has 0 saturated carbocycles. The monoisotopic (exact) mass is 469 g/mol. The maximum atomic E-state index is 14.1. The summed E-state index contributed by atoms with van der Waals surface area (Å²) in [5.41, 5.74) is -1.47.